The highest BCUT2D eigenvalue weighted by Gasteiger charge is 2.22. The summed E-state index contributed by atoms with van der Waals surface area (Å²) in [5.74, 6) is -2.45. The minimum absolute atomic E-state index is 0.729. The molecule has 0 aromatic carbocycles. The molecule has 0 spiro atoms. The summed E-state index contributed by atoms with van der Waals surface area (Å²) in [6.45, 7) is 1.33. The van der Waals surface area contributed by atoms with Crippen molar-refractivity contribution in [3.05, 3.63) is 12.2 Å². The van der Waals surface area contributed by atoms with E-state index in [-0.39, 0.29) is 0 Å². The number of hydrogen-bond acceptors (Lipinski definition) is 5. The number of cyclic esters (lactones) is 3. The standard InChI is InChI=1S/C7H6O5/c1-4-7(10)12-6(9)3-2-5(8)11-4/h2-4H,1H3/b3-2+. The van der Waals surface area contributed by atoms with Crippen molar-refractivity contribution in [3.8, 4) is 0 Å². The van der Waals surface area contributed by atoms with Crippen molar-refractivity contribution >= 4 is 17.9 Å². The van der Waals surface area contributed by atoms with Crippen LogP contribution in [0.1, 0.15) is 6.92 Å². The largest absolute Gasteiger partial charge is 0.447 e. The molecule has 0 aromatic heterocycles. The highest BCUT2D eigenvalue weighted by atomic mass is 16.6. The molecule has 0 amide bonds. The number of esters is 3. The SMILES string of the molecule is CC1OC(=O)/C=C/C(=O)OC1=O. The van der Waals surface area contributed by atoms with Gasteiger partial charge in [-0.3, -0.25) is 0 Å². The molecule has 64 valence electrons. The Morgan fingerprint density at radius 1 is 1.17 bits per heavy atom. The van der Waals surface area contributed by atoms with Gasteiger partial charge in [-0.25, -0.2) is 14.4 Å². The monoisotopic (exact) mass is 170 g/mol. The third-order valence-electron chi connectivity index (χ3n) is 1.18. The van der Waals surface area contributed by atoms with Gasteiger partial charge in [0.05, 0.1) is 0 Å². The van der Waals surface area contributed by atoms with E-state index in [9.17, 15) is 14.4 Å². The van der Waals surface area contributed by atoms with Crippen LogP contribution >= 0.6 is 0 Å². The van der Waals surface area contributed by atoms with Crippen molar-refractivity contribution in [1.29, 1.82) is 0 Å². The van der Waals surface area contributed by atoms with Crippen LogP contribution in [0.5, 0.6) is 0 Å². The van der Waals surface area contributed by atoms with Gasteiger partial charge in [-0.2, -0.15) is 0 Å². The minimum atomic E-state index is -1.04. The Balaban J connectivity index is 2.82. The number of hydrogen-bond donors (Lipinski definition) is 0. The number of carbonyl (C=O) groups excluding carboxylic acids is 3. The molecule has 0 fully saturated rings. The molecule has 1 heterocycles. The molecule has 12 heavy (non-hydrogen) atoms. The van der Waals surface area contributed by atoms with Gasteiger partial charge in [0.2, 0.25) is 0 Å². The van der Waals surface area contributed by atoms with Gasteiger partial charge in [-0.05, 0) is 6.92 Å². The molecule has 5 heteroatoms. The van der Waals surface area contributed by atoms with Gasteiger partial charge in [0.25, 0.3) is 0 Å². The Morgan fingerprint density at radius 3 is 2.42 bits per heavy atom. The molecular formula is C7H6O5. The molecule has 0 aromatic rings. The second kappa shape index (κ2) is 3.17. The van der Waals surface area contributed by atoms with Gasteiger partial charge in [0.1, 0.15) is 0 Å². The van der Waals surface area contributed by atoms with Gasteiger partial charge in [-0.15, -0.1) is 0 Å². The van der Waals surface area contributed by atoms with E-state index in [1.54, 1.807) is 0 Å². The second-order valence-corrected chi connectivity index (χ2v) is 2.15. The van der Waals surface area contributed by atoms with Gasteiger partial charge >= 0.3 is 17.9 Å². The van der Waals surface area contributed by atoms with Crippen LogP contribution in [-0.4, -0.2) is 24.0 Å². The molecule has 1 atom stereocenters. The molecule has 1 aliphatic heterocycles. The van der Waals surface area contributed by atoms with E-state index < -0.39 is 24.0 Å². The van der Waals surface area contributed by atoms with Crippen molar-refractivity contribution in [3.63, 3.8) is 0 Å². The van der Waals surface area contributed by atoms with Gasteiger partial charge < -0.3 is 9.47 Å². The highest BCUT2D eigenvalue weighted by molar-refractivity contribution is 5.99. The summed E-state index contributed by atoms with van der Waals surface area (Å²) in [4.78, 5) is 32.0. The Morgan fingerprint density at radius 2 is 1.75 bits per heavy atom. The zero-order valence-corrected chi connectivity index (χ0v) is 6.27. The maximum absolute atomic E-state index is 10.8. The predicted molar refractivity (Wildman–Crippen MR) is 35.8 cm³/mol. The van der Waals surface area contributed by atoms with E-state index in [1.807, 2.05) is 0 Å². The zero-order chi connectivity index (χ0) is 9.14. The first-order valence-electron chi connectivity index (χ1n) is 3.24. The van der Waals surface area contributed by atoms with Crippen molar-refractivity contribution in [2.45, 2.75) is 13.0 Å². The van der Waals surface area contributed by atoms with Crippen molar-refractivity contribution in [2.75, 3.05) is 0 Å². The smallest absolute Gasteiger partial charge is 0.355 e. The third kappa shape index (κ3) is 1.91. The lowest BCUT2D eigenvalue weighted by Gasteiger charge is -2.11. The van der Waals surface area contributed by atoms with E-state index in [0.717, 1.165) is 12.2 Å². The van der Waals surface area contributed by atoms with E-state index >= 15 is 0 Å². The molecule has 0 bridgehead atoms. The van der Waals surface area contributed by atoms with Crippen LogP contribution in [0.2, 0.25) is 0 Å². The van der Waals surface area contributed by atoms with Gasteiger partial charge in [0, 0.05) is 12.2 Å². The Labute approximate surface area is 67.9 Å². The number of ether oxygens (including phenoxy) is 2. The molecule has 0 radical (unpaired) electrons. The molecule has 1 unspecified atom stereocenters. The fourth-order valence-electron chi connectivity index (χ4n) is 0.614. The van der Waals surface area contributed by atoms with Crippen molar-refractivity contribution < 1.29 is 23.9 Å². The summed E-state index contributed by atoms with van der Waals surface area (Å²) in [7, 11) is 0. The average Bonchev–Trinajstić information content (AvgIpc) is 1.99. The molecule has 0 saturated heterocycles. The molecule has 0 aliphatic carbocycles. The highest BCUT2D eigenvalue weighted by Crippen LogP contribution is 2.00. The first-order chi connectivity index (χ1) is 5.59. The number of carbonyl (C=O) groups is 3. The topological polar surface area (TPSA) is 69.7 Å². The maximum atomic E-state index is 10.8. The van der Waals surface area contributed by atoms with Gasteiger partial charge in [0.15, 0.2) is 6.10 Å². The summed E-state index contributed by atoms with van der Waals surface area (Å²) >= 11 is 0. The van der Waals surface area contributed by atoms with Gasteiger partial charge in [-0.1, -0.05) is 0 Å². The van der Waals surface area contributed by atoms with Crippen LogP contribution in [0.3, 0.4) is 0 Å². The Kier molecular flexibility index (Phi) is 2.23. The quantitative estimate of drug-likeness (QED) is 0.364. The third-order valence-corrected chi connectivity index (χ3v) is 1.18. The predicted octanol–water partition coefficient (Wildman–Crippen LogP) is -0.442. The Bertz CT molecular complexity index is 265. The van der Waals surface area contributed by atoms with Crippen molar-refractivity contribution in [1.82, 2.24) is 0 Å². The average molecular weight is 170 g/mol. The van der Waals surface area contributed by atoms with E-state index in [1.165, 1.54) is 6.92 Å². The van der Waals surface area contributed by atoms with Crippen LogP contribution < -0.4 is 0 Å². The normalized spacial score (nSPS) is 26.8. The summed E-state index contributed by atoms with van der Waals surface area (Å²) in [6.07, 6.45) is 0.712. The first kappa shape index (κ1) is 8.45. The molecule has 1 rings (SSSR count). The minimum Gasteiger partial charge on any atom is -0.447 e. The van der Waals surface area contributed by atoms with Crippen LogP contribution in [-0.2, 0) is 23.9 Å². The molecule has 0 N–H and O–H groups in total. The molecule has 5 nitrogen and oxygen atoms in total. The lowest BCUT2D eigenvalue weighted by Crippen LogP contribution is -2.29. The van der Waals surface area contributed by atoms with E-state index in [0.29, 0.717) is 0 Å². The second-order valence-electron chi connectivity index (χ2n) is 2.15. The Hall–Kier alpha value is -1.65. The van der Waals surface area contributed by atoms with Crippen LogP contribution in [0.15, 0.2) is 12.2 Å². The van der Waals surface area contributed by atoms with E-state index in [4.69, 9.17) is 0 Å². The fraction of sp³-hybridized carbons (Fsp3) is 0.286. The van der Waals surface area contributed by atoms with Crippen LogP contribution in [0.25, 0.3) is 0 Å². The molecular weight excluding hydrogens is 164 g/mol. The molecule has 1 aliphatic rings. The first-order valence-corrected chi connectivity index (χ1v) is 3.24. The molecule has 0 saturated carbocycles. The van der Waals surface area contributed by atoms with E-state index in [2.05, 4.69) is 9.47 Å². The summed E-state index contributed by atoms with van der Waals surface area (Å²) in [5.41, 5.74) is 0. The summed E-state index contributed by atoms with van der Waals surface area (Å²) < 4.78 is 8.71. The zero-order valence-electron chi connectivity index (χ0n) is 6.27. The summed E-state index contributed by atoms with van der Waals surface area (Å²) in [6, 6.07) is 0. The number of rotatable bonds is 0. The summed E-state index contributed by atoms with van der Waals surface area (Å²) in [5, 5.41) is 0. The lowest BCUT2D eigenvalue weighted by molar-refractivity contribution is -0.170. The van der Waals surface area contributed by atoms with Crippen LogP contribution in [0, 0.1) is 0 Å². The fourth-order valence-corrected chi connectivity index (χ4v) is 0.614. The van der Waals surface area contributed by atoms with Crippen molar-refractivity contribution in [2.24, 2.45) is 0 Å². The maximum Gasteiger partial charge on any atom is 0.355 e. The lowest BCUT2D eigenvalue weighted by atomic mass is 10.4. The van der Waals surface area contributed by atoms with Crippen LogP contribution in [0.4, 0.5) is 0 Å².